The van der Waals surface area contributed by atoms with Gasteiger partial charge in [0.15, 0.2) is 0 Å². The van der Waals surface area contributed by atoms with Crippen LogP contribution in [0.15, 0.2) is 16.5 Å². The summed E-state index contributed by atoms with van der Waals surface area (Å²) in [5.41, 5.74) is 0. The fourth-order valence-electron chi connectivity index (χ4n) is 3.47. The molecule has 1 unspecified atom stereocenters. The first-order valence-electron chi connectivity index (χ1n) is 8.63. The highest BCUT2D eigenvalue weighted by molar-refractivity contribution is 7.17. The standard InChI is InChI=1S/C17H20ClN3O3S/c18-14-2-1-13(25-14)17(22)21-6-3-11(10-21)9-15-19-20-16(24-15)12-4-7-23-8-5-12/h1-2,11-12H,3-10H2. The maximum atomic E-state index is 12.5. The first-order valence-corrected chi connectivity index (χ1v) is 9.83. The van der Waals surface area contributed by atoms with E-state index in [2.05, 4.69) is 10.2 Å². The summed E-state index contributed by atoms with van der Waals surface area (Å²) in [7, 11) is 0. The fraction of sp³-hybridized carbons (Fsp3) is 0.588. The van der Waals surface area contributed by atoms with Crippen molar-refractivity contribution in [3.05, 3.63) is 33.1 Å². The lowest BCUT2D eigenvalue weighted by atomic mass is 10.0. The van der Waals surface area contributed by atoms with Gasteiger partial charge in [0.05, 0.1) is 9.21 Å². The van der Waals surface area contributed by atoms with Gasteiger partial charge in [0.25, 0.3) is 5.91 Å². The van der Waals surface area contributed by atoms with E-state index >= 15 is 0 Å². The highest BCUT2D eigenvalue weighted by atomic mass is 35.5. The molecule has 2 aliphatic heterocycles. The van der Waals surface area contributed by atoms with Gasteiger partial charge in [-0.05, 0) is 37.3 Å². The number of likely N-dealkylation sites (tertiary alicyclic amines) is 1. The molecule has 2 aliphatic rings. The maximum absolute atomic E-state index is 12.5. The van der Waals surface area contributed by atoms with Crippen LogP contribution >= 0.6 is 22.9 Å². The van der Waals surface area contributed by atoms with E-state index in [-0.39, 0.29) is 5.91 Å². The van der Waals surface area contributed by atoms with Crippen molar-refractivity contribution >= 4 is 28.8 Å². The summed E-state index contributed by atoms with van der Waals surface area (Å²) in [5, 5.41) is 8.43. The Balaban J connectivity index is 1.33. The first-order chi connectivity index (χ1) is 12.2. The Morgan fingerprint density at radius 3 is 2.88 bits per heavy atom. The van der Waals surface area contributed by atoms with Gasteiger partial charge in [-0.25, -0.2) is 0 Å². The molecule has 0 saturated carbocycles. The Bertz CT molecular complexity index is 741. The molecule has 134 valence electrons. The number of nitrogens with zero attached hydrogens (tertiary/aromatic N) is 3. The molecule has 0 spiro atoms. The maximum Gasteiger partial charge on any atom is 0.263 e. The quantitative estimate of drug-likeness (QED) is 0.812. The molecule has 0 radical (unpaired) electrons. The minimum atomic E-state index is 0.0628. The highest BCUT2D eigenvalue weighted by Gasteiger charge is 2.29. The SMILES string of the molecule is O=C(c1ccc(Cl)s1)N1CCC(Cc2nnc(C3CCOCC3)o2)C1. The van der Waals surface area contributed by atoms with Crippen LogP contribution in [0.3, 0.4) is 0 Å². The second kappa shape index (κ2) is 7.43. The summed E-state index contributed by atoms with van der Waals surface area (Å²) in [6.07, 6.45) is 3.57. The van der Waals surface area contributed by atoms with Crippen LogP contribution in [0.4, 0.5) is 0 Å². The van der Waals surface area contributed by atoms with Crippen molar-refractivity contribution in [1.29, 1.82) is 0 Å². The van der Waals surface area contributed by atoms with Gasteiger partial charge in [0, 0.05) is 38.6 Å². The molecule has 2 aromatic rings. The van der Waals surface area contributed by atoms with Crippen LogP contribution in [-0.4, -0.2) is 47.3 Å². The van der Waals surface area contributed by atoms with E-state index in [1.165, 1.54) is 11.3 Å². The van der Waals surface area contributed by atoms with Crippen LogP contribution in [0, 0.1) is 5.92 Å². The van der Waals surface area contributed by atoms with Gasteiger partial charge in [-0.3, -0.25) is 4.79 Å². The number of hydrogen-bond donors (Lipinski definition) is 0. The Kier molecular flexibility index (Phi) is 5.05. The molecule has 25 heavy (non-hydrogen) atoms. The van der Waals surface area contributed by atoms with E-state index in [4.69, 9.17) is 20.8 Å². The van der Waals surface area contributed by atoms with Crippen LogP contribution in [0.1, 0.15) is 46.6 Å². The molecular weight excluding hydrogens is 362 g/mol. The van der Waals surface area contributed by atoms with Crippen molar-refractivity contribution in [2.45, 2.75) is 31.6 Å². The van der Waals surface area contributed by atoms with Gasteiger partial charge in [0.1, 0.15) is 0 Å². The monoisotopic (exact) mass is 381 g/mol. The largest absolute Gasteiger partial charge is 0.425 e. The van der Waals surface area contributed by atoms with Crippen LogP contribution < -0.4 is 0 Å². The molecule has 1 atom stereocenters. The van der Waals surface area contributed by atoms with Gasteiger partial charge < -0.3 is 14.1 Å². The zero-order chi connectivity index (χ0) is 17.2. The van der Waals surface area contributed by atoms with Gasteiger partial charge in [-0.15, -0.1) is 21.5 Å². The Morgan fingerprint density at radius 1 is 1.28 bits per heavy atom. The molecule has 2 aromatic heterocycles. The normalized spacial score (nSPS) is 21.8. The predicted octanol–water partition coefficient (Wildman–Crippen LogP) is 3.38. The zero-order valence-corrected chi connectivity index (χ0v) is 15.4. The zero-order valence-electron chi connectivity index (χ0n) is 13.8. The summed E-state index contributed by atoms with van der Waals surface area (Å²) in [5.74, 6) is 2.16. The lowest BCUT2D eigenvalue weighted by molar-refractivity contribution is 0.0788. The van der Waals surface area contributed by atoms with Gasteiger partial charge in [-0.1, -0.05) is 11.6 Å². The number of thiophene rings is 1. The van der Waals surface area contributed by atoms with Crippen molar-refractivity contribution in [1.82, 2.24) is 15.1 Å². The van der Waals surface area contributed by atoms with E-state index in [1.54, 1.807) is 12.1 Å². The molecule has 0 N–H and O–H groups in total. The number of carbonyl (C=O) groups is 1. The smallest absolute Gasteiger partial charge is 0.263 e. The minimum absolute atomic E-state index is 0.0628. The number of carbonyl (C=O) groups excluding carboxylic acids is 1. The van der Waals surface area contributed by atoms with Crippen LogP contribution in [-0.2, 0) is 11.2 Å². The van der Waals surface area contributed by atoms with Crippen LogP contribution in [0.25, 0.3) is 0 Å². The van der Waals surface area contributed by atoms with Gasteiger partial charge in [-0.2, -0.15) is 0 Å². The van der Waals surface area contributed by atoms with E-state index in [9.17, 15) is 4.79 Å². The minimum Gasteiger partial charge on any atom is -0.425 e. The predicted molar refractivity (Wildman–Crippen MR) is 94.1 cm³/mol. The van der Waals surface area contributed by atoms with Crippen molar-refractivity contribution in [3.8, 4) is 0 Å². The number of rotatable bonds is 4. The molecule has 0 aliphatic carbocycles. The fourth-order valence-corrected chi connectivity index (χ4v) is 4.49. The topological polar surface area (TPSA) is 68.5 Å². The molecule has 2 saturated heterocycles. The number of hydrogen-bond acceptors (Lipinski definition) is 6. The highest BCUT2D eigenvalue weighted by Crippen LogP contribution is 2.29. The van der Waals surface area contributed by atoms with Crippen molar-refractivity contribution in [2.24, 2.45) is 5.92 Å². The number of aromatic nitrogens is 2. The van der Waals surface area contributed by atoms with E-state index in [1.807, 2.05) is 4.90 Å². The molecule has 4 heterocycles. The van der Waals surface area contributed by atoms with Gasteiger partial charge in [0.2, 0.25) is 11.8 Å². The third-order valence-electron chi connectivity index (χ3n) is 4.87. The van der Waals surface area contributed by atoms with E-state index in [0.29, 0.717) is 26.9 Å². The summed E-state index contributed by atoms with van der Waals surface area (Å²) in [6, 6.07) is 3.56. The lowest BCUT2D eigenvalue weighted by Gasteiger charge is -2.18. The third kappa shape index (κ3) is 3.88. The molecule has 4 rings (SSSR count). The summed E-state index contributed by atoms with van der Waals surface area (Å²) in [6.45, 7) is 3.01. The molecular formula is C17H20ClN3O3S. The van der Waals surface area contributed by atoms with Crippen LogP contribution in [0.2, 0.25) is 4.34 Å². The number of halogens is 1. The van der Waals surface area contributed by atoms with Crippen molar-refractivity contribution in [3.63, 3.8) is 0 Å². The summed E-state index contributed by atoms with van der Waals surface area (Å²) >= 11 is 7.26. The van der Waals surface area contributed by atoms with Crippen molar-refractivity contribution in [2.75, 3.05) is 26.3 Å². The van der Waals surface area contributed by atoms with Crippen molar-refractivity contribution < 1.29 is 13.9 Å². The van der Waals surface area contributed by atoms with E-state index in [0.717, 1.165) is 57.9 Å². The molecule has 6 nitrogen and oxygen atoms in total. The summed E-state index contributed by atoms with van der Waals surface area (Å²) < 4.78 is 11.9. The van der Waals surface area contributed by atoms with Crippen LogP contribution in [0.5, 0.6) is 0 Å². The Labute approximate surface area is 155 Å². The average molecular weight is 382 g/mol. The molecule has 0 aromatic carbocycles. The lowest BCUT2D eigenvalue weighted by Crippen LogP contribution is -2.28. The van der Waals surface area contributed by atoms with Gasteiger partial charge >= 0.3 is 0 Å². The third-order valence-corrected chi connectivity index (χ3v) is 6.09. The number of amides is 1. The summed E-state index contributed by atoms with van der Waals surface area (Å²) in [4.78, 5) is 15.1. The number of ether oxygens (including phenoxy) is 1. The average Bonchev–Trinajstić information content (AvgIpc) is 3.37. The molecule has 8 heteroatoms. The second-order valence-electron chi connectivity index (χ2n) is 6.63. The first kappa shape index (κ1) is 17.0. The molecule has 1 amide bonds. The second-order valence-corrected chi connectivity index (χ2v) is 8.35. The molecule has 2 fully saturated rings. The van der Waals surface area contributed by atoms with E-state index < -0.39 is 0 Å². The Morgan fingerprint density at radius 2 is 2.12 bits per heavy atom. The Hall–Kier alpha value is -1.44. The molecule has 0 bridgehead atoms.